The highest BCUT2D eigenvalue weighted by Gasteiger charge is 2.09. The fourth-order valence-corrected chi connectivity index (χ4v) is 2.76. The molecule has 2 aromatic heterocycles. The molecule has 2 heterocycles. The van der Waals surface area contributed by atoms with Crippen LogP contribution < -0.4 is 10.1 Å². The molecule has 4 rings (SSSR count). The third kappa shape index (κ3) is 3.32. The van der Waals surface area contributed by atoms with Crippen molar-refractivity contribution in [1.82, 2.24) is 15.0 Å². The Morgan fingerprint density at radius 2 is 1.77 bits per heavy atom. The van der Waals surface area contributed by atoms with Gasteiger partial charge in [-0.25, -0.2) is 9.97 Å². The fourth-order valence-electron chi connectivity index (χ4n) is 2.76. The number of pyridine rings is 1. The van der Waals surface area contributed by atoms with E-state index in [0.29, 0.717) is 12.4 Å². The molecule has 0 saturated carbocycles. The minimum Gasteiger partial charge on any atom is -0.497 e. The largest absolute Gasteiger partial charge is 0.497 e. The maximum atomic E-state index is 5.21. The molecular weight excluding hydrogens is 324 g/mol. The lowest BCUT2D eigenvalue weighted by Crippen LogP contribution is -2.04. The Labute approximate surface area is 151 Å². The Morgan fingerprint density at radius 1 is 0.923 bits per heavy atom. The van der Waals surface area contributed by atoms with Crippen LogP contribution >= 0.6 is 0 Å². The minimum atomic E-state index is 0.661. The zero-order chi connectivity index (χ0) is 17.8. The van der Waals surface area contributed by atoms with E-state index in [0.717, 1.165) is 33.6 Å². The van der Waals surface area contributed by atoms with Crippen LogP contribution in [0.3, 0.4) is 0 Å². The summed E-state index contributed by atoms with van der Waals surface area (Å²) >= 11 is 0. The van der Waals surface area contributed by atoms with Gasteiger partial charge in [0.25, 0.3) is 0 Å². The second-order valence-electron chi connectivity index (χ2n) is 5.86. The van der Waals surface area contributed by atoms with Gasteiger partial charge in [-0.2, -0.15) is 0 Å². The summed E-state index contributed by atoms with van der Waals surface area (Å²) in [5.41, 5.74) is 2.95. The molecule has 2 aromatic carbocycles. The number of nitrogens with one attached hydrogen (secondary N) is 1. The Bertz CT molecular complexity index is 1020. The van der Waals surface area contributed by atoms with E-state index in [1.807, 2.05) is 60.7 Å². The maximum Gasteiger partial charge on any atom is 0.163 e. The summed E-state index contributed by atoms with van der Waals surface area (Å²) in [5.74, 6) is 2.32. The highest BCUT2D eigenvalue weighted by atomic mass is 16.5. The number of para-hydroxylation sites is 1. The summed E-state index contributed by atoms with van der Waals surface area (Å²) in [7, 11) is 1.67. The fraction of sp³-hybridized carbons (Fsp3) is 0.0952. The zero-order valence-electron chi connectivity index (χ0n) is 14.4. The lowest BCUT2D eigenvalue weighted by molar-refractivity contribution is 0.414. The number of hydrogen-bond donors (Lipinski definition) is 1. The maximum absolute atomic E-state index is 5.21. The lowest BCUT2D eigenvalue weighted by atomic mass is 10.2. The van der Waals surface area contributed by atoms with Gasteiger partial charge in [-0.3, -0.25) is 4.98 Å². The van der Waals surface area contributed by atoms with Crippen LogP contribution in [0.25, 0.3) is 22.3 Å². The van der Waals surface area contributed by atoms with E-state index in [1.165, 1.54) is 0 Å². The standard InChI is InChI=1S/C21H18N4O/c1-26-17-10-8-15(9-11-17)13-23-21-18-6-2-3-7-19(18)24-20(25-21)16-5-4-12-22-14-16/h2-12,14H,13H2,1H3,(H,23,24,25). The molecule has 0 aliphatic rings. The average molecular weight is 342 g/mol. The van der Waals surface area contributed by atoms with Gasteiger partial charge in [0, 0.05) is 29.9 Å². The first-order valence-electron chi connectivity index (χ1n) is 8.37. The van der Waals surface area contributed by atoms with Crippen molar-refractivity contribution < 1.29 is 4.74 Å². The van der Waals surface area contributed by atoms with Crippen molar-refractivity contribution in [3.05, 3.63) is 78.6 Å². The number of benzene rings is 2. The average Bonchev–Trinajstić information content (AvgIpc) is 2.73. The summed E-state index contributed by atoms with van der Waals surface area (Å²) < 4.78 is 5.21. The molecule has 0 aliphatic heterocycles. The van der Waals surface area contributed by atoms with Crippen molar-refractivity contribution in [3.8, 4) is 17.1 Å². The van der Waals surface area contributed by atoms with Crippen LogP contribution in [-0.2, 0) is 6.54 Å². The van der Waals surface area contributed by atoms with E-state index in [2.05, 4.69) is 15.3 Å². The van der Waals surface area contributed by atoms with Gasteiger partial charge in [0.1, 0.15) is 11.6 Å². The molecule has 0 unspecified atom stereocenters. The van der Waals surface area contributed by atoms with Crippen molar-refractivity contribution in [1.29, 1.82) is 0 Å². The van der Waals surface area contributed by atoms with Crippen molar-refractivity contribution in [3.63, 3.8) is 0 Å². The van der Waals surface area contributed by atoms with Crippen LogP contribution in [0.5, 0.6) is 5.75 Å². The van der Waals surface area contributed by atoms with E-state index in [9.17, 15) is 0 Å². The first kappa shape index (κ1) is 16.0. The lowest BCUT2D eigenvalue weighted by Gasteiger charge is -2.11. The zero-order valence-corrected chi connectivity index (χ0v) is 14.4. The van der Waals surface area contributed by atoms with Crippen LogP contribution in [0.15, 0.2) is 73.1 Å². The second-order valence-corrected chi connectivity index (χ2v) is 5.86. The van der Waals surface area contributed by atoms with Crippen molar-refractivity contribution in [2.75, 3.05) is 12.4 Å². The molecule has 0 radical (unpaired) electrons. The summed E-state index contributed by atoms with van der Waals surface area (Å²) in [6.07, 6.45) is 3.52. The van der Waals surface area contributed by atoms with E-state index in [1.54, 1.807) is 19.5 Å². The number of hydrogen-bond acceptors (Lipinski definition) is 5. The third-order valence-electron chi connectivity index (χ3n) is 4.14. The molecule has 0 fully saturated rings. The third-order valence-corrected chi connectivity index (χ3v) is 4.14. The second kappa shape index (κ2) is 7.19. The number of nitrogens with zero attached hydrogens (tertiary/aromatic N) is 3. The molecule has 5 nitrogen and oxygen atoms in total. The Hall–Kier alpha value is -3.47. The molecule has 4 aromatic rings. The molecular formula is C21H18N4O. The highest BCUT2D eigenvalue weighted by molar-refractivity contribution is 5.90. The van der Waals surface area contributed by atoms with Crippen LogP contribution in [0.1, 0.15) is 5.56 Å². The van der Waals surface area contributed by atoms with E-state index < -0.39 is 0 Å². The molecule has 26 heavy (non-hydrogen) atoms. The molecule has 0 saturated heterocycles. The van der Waals surface area contributed by atoms with Crippen LogP contribution in [-0.4, -0.2) is 22.1 Å². The number of fused-ring (bicyclic) bond motifs is 1. The molecule has 0 atom stereocenters. The molecule has 0 bridgehead atoms. The summed E-state index contributed by atoms with van der Waals surface area (Å²) in [5, 5.41) is 4.43. The van der Waals surface area contributed by atoms with Gasteiger partial charge in [-0.05, 0) is 42.0 Å². The van der Waals surface area contributed by atoms with E-state index in [4.69, 9.17) is 9.72 Å². The van der Waals surface area contributed by atoms with Crippen molar-refractivity contribution in [2.24, 2.45) is 0 Å². The molecule has 0 spiro atoms. The van der Waals surface area contributed by atoms with E-state index >= 15 is 0 Å². The summed E-state index contributed by atoms with van der Waals surface area (Å²) in [6, 6.07) is 19.8. The number of aromatic nitrogens is 3. The molecule has 128 valence electrons. The van der Waals surface area contributed by atoms with E-state index in [-0.39, 0.29) is 0 Å². The number of ether oxygens (including phenoxy) is 1. The van der Waals surface area contributed by atoms with Gasteiger partial charge >= 0.3 is 0 Å². The van der Waals surface area contributed by atoms with Crippen molar-refractivity contribution >= 4 is 16.7 Å². The molecule has 0 amide bonds. The first-order chi connectivity index (χ1) is 12.8. The van der Waals surface area contributed by atoms with Crippen molar-refractivity contribution in [2.45, 2.75) is 6.54 Å². The van der Waals surface area contributed by atoms with Gasteiger partial charge in [0.15, 0.2) is 5.82 Å². The molecule has 0 aliphatic carbocycles. The van der Waals surface area contributed by atoms with Gasteiger partial charge in [-0.1, -0.05) is 24.3 Å². The van der Waals surface area contributed by atoms with Gasteiger partial charge in [0.05, 0.1) is 12.6 Å². The van der Waals surface area contributed by atoms with Gasteiger partial charge < -0.3 is 10.1 Å². The van der Waals surface area contributed by atoms with Gasteiger partial charge in [-0.15, -0.1) is 0 Å². The summed E-state index contributed by atoms with van der Waals surface area (Å²) in [4.78, 5) is 13.6. The van der Waals surface area contributed by atoms with Crippen LogP contribution in [0, 0.1) is 0 Å². The highest BCUT2D eigenvalue weighted by Crippen LogP contribution is 2.25. The smallest absolute Gasteiger partial charge is 0.163 e. The Kier molecular flexibility index (Phi) is 4.43. The van der Waals surface area contributed by atoms with Crippen LogP contribution in [0.2, 0.25) is 0 Å². The predicted molar refractivity (Wildman–Crippen MR) is 103 cm³/mol. The normalized spacial score (nSPS) is 10.7. The first-order valence-corrected chi connectivity index (χ1v) is 8.37. The summed E-state index contributed by atoms with van der Waals surface area (Å²) in [6.45, 7) is 0.664. The molecule has 1 N–H and O–H groups in total. The number of anilines is 1. The Morgan fingerprint density at radius 3 is 2.54 bits per heavy atom. The predicted octanol–water partition coefficient (Wildman–Crippen LogP) is 4.31. The molecule has 5 heteroatoms. The topological polar surface area (TPSA) is 59.9 Å². The quantitative estimate of drug-likeness (QED) is 0.585. The monoisotopic (exact) mass is 342 g/mol. The number of rotatable bonds is 5. The Balaban J connectivity index is 1.68. The minimum absolute atomic E-state index is 0.661. The number of methoxy groups -OCH3 is 1. The SMILES string of the molecule is COc1ccc(CNc2nc(-c3cccnc3)nc3ccccc23)cc1. The van der Waals surface area contributed by atoms with Gasteiger partial charge in [0.2, 0.25) is 0 Å². The van der Waals surface area contributed by atoms with Crippen LogP contribution in [0.4, 0.5) is 5.82 Å².